The number of benzene rings is 2. The molecule has 3 rings (SSSR count). The lowest BCUT2D eigenvalue weighted by atomic mass is 10.1. The average molecular weight is 438 g/mol. The maximum atomic E-state index is 5.86. The van der Waals surface area contributed by atoms with E-state index in [0.717, 1.165) is 11.4 Å². The Balaban J connectivity index is 1.61. The summed E-state index contributed by atoms with van der Waals surface area (Å²) in [6.45, 7) is 3.18. The number of aryl methyl sites for hydroxylation is 1. The molecule has 2 N–H and O–H groups in total. The molecule has 0 spiro atoms. The lowest BCUT2D eigenvalue weighted by molar-refractivity contribution is 0.296. The summed E-state index contributed by atoms with van der Waals surface area (Å²) >= 11 is 0. The highest BCUT2D eigenvalue weighted by Gasteiger charge is 2.09. The summed E-state index contributed by atoms with van der Waals surface area (Å²) in [6.07, 6.45) is 0.685. The van der Waals surface area contributed by atoms with Crippen molar-refractivity contribution in [1.29, 1.82) is 0 Å². The number of hydrogen-bond acceptors (Lipinski definition) is 8. The van der Waals surface area contributed by atoms with Gasteiger partial charge in [-0.3, -0.25) is 0 Å². The topological polar surface area (TPSA) is 80.8 Å². The second-order valence-electron chi connectivity index (χ2n) is 7.54. The van der Waals surface area contributed by atoms with Crippen LogP contribution in [0.5, 0.6) is 17.5 Å². The molecule has 0 amide bonds. The molecule has 3 aromatic rings. The first-order valence-electron chi connectivity index (χ1n) is 10.4. The highest BCUT2D eigenvalue weighted by atomic mass is 16.5. The van der Waals surface area contributed by atoms with Gasteiger partial charge in [-0.1, -0.05) is 35.9 Å². The van der Waals surface area contributed by atoms with Crippen LogP contribution in [0.1, 0.15) is 16.7 Å². The summed E-state index contributed by atoms with van der Waals surface area (Å²) in [5.41, 5.74) is 9.84. The molecule has 8 nitrogen and oxygen atoms in total. The Labute approximate surface area is 189 Å². The molecule has 1 aromatic heterocycles. The van der Waals surface area contributed by atoms with E-state index in [2.05, 4.69) is 45.9 Å². The van der Waals surface area contributed by atoms with E-state index in [0.29, 0.717) is 42.9 Å². The van der Waals surface area contributed by atoms with Crippen LogP contribution in [0.3, 0.4) is 0 Å². The lowest BCUT2D eigenvalue weighted by Crippen LogP contribution is -2.23. The van der Waals surface area contributed by atoms with Crippen molar-refractivity contribution in [3.8, 4) is 17.5 Å². The van der Waals surface area contributed by atoms with Gasteiger partial charge in [-0.05, 0) is 30.2 Å². The summed E-state index contributed by atoms with van der Waals surface area (Å²) in [7, 11) is 7.11. The van der Waals surface area contributed by atoms with E-state index in [1.54, 1.807) is 14.2 Å². The molecule has 0 fully saturated rings. The Kier molecular flexibility index (Phi) is 8.10. The van der Waals surface area contributed by atoms with Gasteiger partial charge in [0.15, 0.2) is 11.5 Å². The van der Waals surface area contributed by atoms with Crippen LogP contribution in [-0.2, 0) is 13.0 Å². The number of aromatic nitrogens is 2. The van der Waals surface area contributed by atoms with E-state index >= 15 is 0 Å². The van der Waals surface area contributed by atoms with E-state index in [9.17, 15) is 0 Å². The summed E-state index contributed by atoms with van der Waals surface area (Å²) in [4.78, 5) is 10.9. The molecular weight excluding hydrogens is 406 g/mol. The minimum absolute atomic E-state index is 0.316. The van der Waals surface area contributed by atoms with Crippen molar-refractivity contribution in [2.24, 2.45) is 0 Å². The Bertz CT molecular complexity index is 1030. The number of nitrogens with zero attached hydrogens (tertiary/aromatic N) is 3. The van der Waals surface area contributed by atoms with E-state index in [1.807, 2.05) is 49.3 Å². The molecule has 0 saturated heterocycles. The van der Waals surface area contributed by atoms with Crippen LogP contribution in [0.4, 0.5) is 11.6 Å². The van der Waals surface area contributed by atoms with Crippen molar-refractivity contribution < 1.29 is 14.2 Å². The summed E-state index contributed by atoms with van der Waals surface area (Å²) in [5.74, 6) is 2.79. The first-order valence-corrected chi connectivity index (χ1v) is 10.4. The third kappa shape index (κ3) is 6.49. The molecule has 170 valence electrons. The first kappa shape index (κ1) is 23.1. The van der Waals surface area contributed by atoms with Gasteiger partial charge in [-0.2, -0.15) is 9.97 Å². The molecular formula is C24H31N5O3. The molecule has 0 saturated carbocycles. The van der Waals surface area contributed by atoms with E-state index in [-0.39, 0.29) is 0 Å². The van der Waals surface area contributed by atoms with Gasteiger partial charge in [0.2, 0.25) is 0 Å². The van der Waals surface area contributed by atoms with Crippen LogP contribution in [0.2, 0.25) is 0 Å². The van der Waals surface area contributed by atoms with E-state index < -0.39 is 0 Å². The molecule has 32 heavy (non-hydrogen) atoms. The maximum absolute atomic E-state index is 5.86. The quantitative estimate of drug-likeness (QED) is 0.441. The normalized spacial score (nSPS) is 10.5. The summed E-state index contributed by atoms with van der Waals surface area (Å²) < 4.78 is 16.5. The highest BCUT2D eigenvalue weighted by Crippen LogP contribution is 2.27. The monoisotopic (exact) mass is 437 g/mol. The predicted molar refractivity (Wildman–Crippen MR) is 127 cm³/mol. The molecule has 0 aliphatic carbocycles. The van der Waals surface area contributed by atoms with Gasteiger partial charge in [-0.25, -0.2) is 5.43 Å². The van der Waals surface area contributed by atoms with Crippen LogP contribution in [0.15, 0.2) is 48.5 Å². The van der Waals surface area contributed by atoms with E-state index in [4.69, 9.17) is 14.2 Å². The fourth-order valence-corrected chi connectivity index (χ4v) is 3.13. The number of nitrogens with one attached hydrogen (secondary N) is 2. The predicted octanol–water partition coefficient (Wildman–Crippen LogP) is 3.61. The molecule has 1 heterocycles. The number of anilines is 2. The number of ether oxygens (including phenoxy) is 3. The van der Waals surface area contributed by atoms with Crippen LogP contribution in [0, 0.1) is 6.92 Å². The third-order valence-corrected chi connectivity index (χ3v) is 4.81. The SMILES string of the molecule is COc1ccc(CCOc2nc(NNCc3cccc(C)c3)cc(N(C)C)n2)cc1OC. The lowest BCUT2D eigenvalue weighted by Gasteiger charge is -2.15. The van der Waals surface area contributed by atoms with Crippen LogP contribution in [-0.4, -0.2) is 44.9 Å². The third-order valence-electron chi connectivity index (χ3n) is 4.81. The molecule has 0 aliphatic rings. The van der Waals surface area contributed by atoms with Gasteiger partial charge >= 0.3 is 6.01 Å². The standard InChI is InChI=1S/C24H31N5O3/c1-17-7-6-8-19(13-17)16-25-28-22-15-23(29(2)3)27-24(26-22)32-12-11-18-9-10-20(30-4)21(14-18)31-5/h6-10,13-15,25H,11-12,16H2,1-5H3,(H,26,27,28). The van der Waals surface area contributed by atoms with Crippen molar-refractivity contribution in [1.82, 2.24) is 15.4 Å². The Morgan fingerprint density at radius 1 is 0.906 bits per heavy atom. The number of hydrogen-bond donors (Lipinski definition) is 2. The summed E-state index contributed by atoms with van der Waals surface area (Å²) in [5, 5.41) is 0. The van der Waals surface area contributed by atoms with Crippen LogP contribution < -0.4 is 30.0 Å². The second kappa shape index (κ2) is 11.2. The van der Waals surface area contributed by atoms with Gasteiger partial charge in [0, 0.05) is 33.1 Å². The fraction of sp³-hybridized carbons (Fsp3) is 0.333. The van der Waals surface area contributed by atoms with Gasteiger partial charge in [0.25, 0.3) is 0 Å². The first-order chi connectivity index (χ1) is 15.5. The molecule has 0 unspecified atom stereocenters. The Morgan fingerprint density at radius 2 is 1.72 bits per heavy atom. The molecule has 8 heteroatoms. The van der Waals surface area contributed by atoms with Gasteiger partial charge in [0.1, 0.15) is 11.6 Å². The molecule has 0 radical (unpaired) electrons. The van der Waals surface area contributed by atoms with Crippen LogP contribution in [0.25, 0.3) is 0 Å². The van der Waals surface area contributed by atoms with Gasteiger partial charge in [0.05, 0.1) is 20.8 Å². The van der Waals surface area contributed by atoms with E-state index in [1.165, 1.54) is 11.1 Å². The van der Waals surface area contributed by atoms with Crippen LogP contribution >= 0.6 is 0 Å². The summed E-state index contributed by atoms with van der Waals surface area (Å²) in [6, 6.07) is 16.4. The zero-order valence-electron chi connectivity index (χ0n) is 19.3. The molecule has 0 bridgehead atoms. The zero-order valence-corrected chi connectivity index (χ0v) is 19.3. The average Bonchev–Trinajstić information content (AvgIpc) is 2.79. The van der Waals surface area contributed by atoms with Crippen molar-refractivity contribution in [2.45, 2.75) is 19.9 Å². The number of rotatable bonds is 11. The minimum atomic E-state index is 0.316. The second-order valence-corrected chi connectivity index (χ2v) is 7.54. The highest BCUT2D eigenvalue weighted by molar-refractivity contribution is 5.49. The number of methoxy groups -OCH3 is 2. The van der Waals surface area contributed by atoms with Gasteiger partial charge < -0.3 is 24.5 Å². The molecule has 2 aromatic carbocycles. The number of hydrazine groups is 1. The zero-order chi connectivity index (χ0) is 22.9. The van der Waals surface area contributed by atoms with Crippen molar-refractivity contribution in [3.05, 3.63) is 65.2 Å². The van der Waals surface area contributed by atoms with Gasteiger partial charge in [-0.15, -0.1) is 0 Å². The fourth-order valence-electron chi connectivity index (χ4n) is 3.13. The van der Waals surface area contributed by atoms with Crippen molar-refractivity contribution in [3.63, 3.8) is 0 Å². The Hall–Kier alpha value is -3.52. The molecule has 0 aliphatic heterocycles. The van der Waals surface area contributed by atoms with Crippen molar-refractivity contribution in [2.75, 3.05) is 45.2 Å². The smallest absolute Gasteiger partial charge is 0.320 e. The largest absolute Gasteiger partial charge is 0.493 e. The molecule has 0 atom stereocenters. The Morgan fingerprint density at radius 3 is 2.44 bits per heavy atom. The maximum Gasteiger partial charge on any atom is 0.320 e. The minimum Gasteiger partial charge on any atom is -0.493 e. The van der Waals surface area contributed by atoms with Crippen molar-refractivity contribution >= 4 is 11.6 Å².